The molecule has 1 saturated carbocycles. The van der Waals surface area contributed by atoms with E-state index in [-0.39, 0.29) is 11.9 Å². The number of carbonyl (C=O) groups excluding carboxylic acids is 2. The lowest BCUT2D eigenvalue weighted by atomic mass is 10.2. The highest BCUT2D eigenvalue weighted by Gasteiger charge is 2.22. The molecular formula is C15H19NO4. The predicted molar refractivity (Wildman–Crippen MR) is 73.7 cm³/mol. The van der Waals surface area contributed by atoms with Gasteiger partial charge in [-0.25, -0.2) is 4.79 Å². The van der Waals surface area contributed by atoms with Crippen LogP contribution in [0.4, 0.5) is 0 Å². The molecule has 1 aliphatic rings. The largest absolute Gasteiger partial charge is 0.493 e. The Bertz CT molecular complexity index is 465. The monoisotopic (exact) mass is 277 g/mol. The fourth-order valence-electron chi connectivity index (χ4n) is 1.69. The molecule has 0 atom stereocenters. The van der Waals surface area contributed by atoms with Crippen LogP contribution >= 0.6 is 0 Å². The normalized spacial score (nSPS) is 13.7. The van der Waals surface area contributed by atoms with Crippen LogP contribution in [0.25, 0.3) is 0 Å². The number of rotatable bonds is 7. The summed E-state index contributed by atoms with van der Waals surface area (Å²) < 4.78 is 10.4. The molecular weight excluding hydrogens is 258 g/mol. The van der Waals surface area contributed by atoms with Gasteiger partial charge in [0.05, 0.1) is 25.2 Å². The zero-order valence-corrected chi connectivity index (χ0v) is 11.6. The number of amides is 1. The van der Waals surface area contributed by atoms with E-state index in [1.54, 1.807) is 31.2 Å². The quantitative estimate of drug-likeness (QED) is 0.773. The van der Waals surface area contributed by atoms with E-state index in [1.807, 2.05) is 0 Å². The molecule has 2 rings (SSSR count). The third kappa shape index (κ3) is 4.57. The lowest BCUT2D eigenvalue weighted by molar-refractivity contribution is -0.121. The Balaban J connectivity index is 1.72. The summed E-state index contributed by atoms with van der Waals surface area (Å²) in [6.45, 7) is 2.45. The molecule has 5 heteroatoms. The van der Waals surface area contributed by atoms with E-state index in [2.05, 4.69) is 5.32 Å². The van der Waals surface area contributed by atoms with E-state index in [0.29, 0.717) is 37.0 Å². The second-order valence-corrected chi connectivity index (χ2v) is 4.69. The fraction of sp³-hybridized carbons (Fsp3) is 0.467. The van der Waals surface area contributed by atoms with Gasteiger partial charge in [-0.15, -0.1) is 0 Å². The van der Waals surface area contributed by atoms with E-state index in [4.69, 9.17) is 9.47 Å². The van der Waals surface area contributed by atoms with Crippen LogP contribution in [0.3, 0.4) is 0 Å². The lowest BCUT2D eigenvalue weighted by Crippen LogP contribution is -2.26. The summed E-state index contributed by atoms with van der Waals surface area (Å²) in [5.74, 6) is 0.316. The Labute approximate surface area is 118 Å². The van der Waals surface area contributed by atoms with Crippen LogP contribution in [0, 0.1) is 0 Å². The average molecular weight is 277 g/mol. The van der Waals surface area contributed by atoms with Crippen molar-refractivity contribution in [1.82, 2.24) is 5.32 Å². The third-order valence-electron chi connectivity index (χ3n) is 2.91. The summed E-state index contributed by atoms with van der Waals surface area (Å²) in [7, 11) is 0. The maximum atomic E-state index is 11.5. The van der Waals surface area contributed by atoms with Crippen molar-refractivity contribution in [2.75, 3.05) is 13.2 Å². The molecule has 1 fully saturated rings. The van der Waals surface area contributed by atoms with Crippen molar-refractivity contribution >= 4 is 11.9 Å². The lowest BCUT2D eigenvalue weighted by Gasteiger charge is -2.07. The number of benzene rings is 1. The number of hydrogen-bond acceptors (Lipinski definition) is 4. The van der Waals surface area contributed by atoms with Crippen molar-refractivity contribution in [3.05, 3.63) is 29.8 Å². The summed E-state index contributed by atoms with van der Waals surface area (Å²) in [4.78, 5) is 22.9. The minimum absolute atomic E-state index is 0.0237. The first-order valence-electron chi connectivity index (χ1n) is 6.88. The maximum absolute atomic E-state index is 11.5. The average Bonchev–Trinajstić information content (AvgIpc) is 3.23. The van der Waals surface area contributed by atoms with E-state index in [1.165, 1.54) is 0 Å². The van der Waals surface area contributed by atoms with Crippen LogP contribution in [0.15, 0.2) is 24.3 Å². The standard InChI is InChI=1S/C15H19NO4/c1-2-19-15(18)11-3-7-13(8-4-11)20-10-9-14(17)16-12-5-6-12/h3-4,7-8,12H,2,5-6,9-10H2,1H3,(H,16,17). The van der Waals surface area contributed by atoms with Gasteiger partial charge in [0.2, 0.25) is 5.91 Å². The minimum atomic E-state index is -0.345. The fourth-order valence-corrected chi connectivity index (χ4v) is 1.69. The van der Waals surface area contributed by atoms with Gasteiger partial charge in [0, 0.05) is 6.04 Å². The molecule has 0 radical (unpaired) electrons. The van der Waals surface area contributed by atoms with Crippen LogP contribution < -0.4 is 10.1 Å². The molecule has 0 saturated heterocycles. The van der Waals surface area contributed by atoms with Gasteiger partial charge in [0.1, 0.15) is 5.75 Å². The first-order chi connectivity index (χ1) is 9.69. The maximum Gasteiger partial charge on any atom is 0.338 e. The van der Waals surface area contributed by atoms with Crippen molar-refractivity contribution in [3.63, 3.8) is 0 Å². The van der Waals surface area contributed by atoms with Gasteiger partial charge in [-0.3, -0.25) is 4.79 Å². The van der Waals surface area contributed by atoms with Crippen LogP contribution in [-0.4, -0.2) is 31.1 Å². The molecule has 0 bridgehead atoms. The molecule has 1 aliphatic carbocycles. The molecule has 0 aliphatic heterocycles. The smallest absolute Gasteiger partial charge is 0.338 e. The van der Waals surface area contributed by atoms with Crippen molar-refractivity contribution < 1.29 is 19.1 Å². The topological polar surface area (TPSA) is 64.6 Å². The van der Waals surface area contributed by atoms with Crippen LogP contribution in [0.2, 0.25) is 0 Å². The number of ether oxygens (including phenoxy) is 2. The van der Waals surface area contributed by atoms with E-state index >= 15 is 0 Å². The highest BCUT2D eigenvalue weighted by atomic mass is 16.5. The molecule has 0 spiro atoms. The van der Waals surface area contributed by atoms with Crippen molar-refractivity contribution in [1.29, 1.82) is 0 Å². The van der Waals surface area contributed by atoms with Crippen LogP contribution in [0.5, 0.6) is 5.75 Å². The molecule has 1 N–H and O–H groups in total. The van der Waals surface area contributed by atoms with Gasteiger partial charge in [-0.2, -0.15) is 0 Å². The van der Waals surface area contributed by atoms with Gasteiger partial charge in [-0.05, 0) is 44.0 Å². The van der Waals surface area contributed by atoms with E-state index in [9.17, 15) is 9.59 Å². The Morgan fingerprint density at radius 2 is 1.95 bits per heavy atom. The highest BCUT2D eigenvalue weighted by molar-refractivity contribution is 5.89. The Morgan fingerprint density at radius 3 is 2.55 bits per heavy atom. The zero-order valence-electron chi connectivity index (χ0n) is 11.6. The third-order valence-corrected chi connectivity index (χ3v) is 2.91. The minimum Gasteiger partial charge on any atom is -0.493 e. The SMILES string of the molecule is CCOC(=O)c1ccc(OCCC(=O)NC2CC2)cc1. The molecule has 20 heavy (non-hydrogen) atoms. The summed E-state index contributed by atoms with van der Waals surface area (Å²) in [5.41, 5.74) is 0.491. The molecule has 1 amide bonds. The molecule has 1 aromatic carbocycles. The number of carbonyl (C=O) groups is 2. The summed E-state index contributed by atoms with van der Waals surface area (Å²) in [6.07, 6.45) is 2.51. The van der Waals surface area contributed by atoms with Crippen molar-refractivity contribution in [3.8, 4) is 5.75 Å². The van der Waals surface area contributed by atoms with E-state index < -0.39 is 0 Å². The van der Waals surface area contributed by atoms with Crippen LogP contribution in [0.1, 0.15) is 36.5 Å². The number of esters is 1. The van der Waals surface area contributed by atoms with Gasteiger partial charge in [0.25, 0.3) is 0 Å². The molecule has 0 unspecified atom stereocenters. The first-order valence-corrected chi connectivity index (χ1v) is 6.88. The molecule has 5 nitrogen and oxygen atoms in total. The van der Waals surface area contributed by atoms with Crippen molar-refractivity contribution in [2.45, 2.75) is 32.2 Å². The van der Waals surface area contributed by atoms with E-state index in [0.717, 1.165) is 12.8 Å². The number of nitrogens with one attached hydrogen (secondary N) is 1. The Kier molecular flexibility index (Phi) is 4.98. The Hall–Kier alpha value is -2.04. The summed E-state index contributed by atoms with van der Waals surface area (Å²) in [6, 6.07) is 7.08. The van der Waals surface area contributed by atoms with Gasteiger partial charge < -0.3 is 14.8 Å². The zero-order chi connectivity index (χ0) is 14.4. The van der Waals surface area contributed by atoms with Gasteiger partial charge >= 0.3 is 5.97 Å². The summed E-state index contributed by atoms with van der Waals surface area (Å²) >= 11 is 0. The molecule has 1 aromatic rings. The van der Waals surface area contributed by atoms with Gasteiger partial charge in [0.15, 0.2) is 0 Å². The van der Waals surface area contributed by atoms with Gasteiger partial charge in [-0.1, -0.05) is 0 Å². The second-order valence-electron chi connectivity index (χ2n) is 4.69. The molecule has 108 valence electrons. The van der Waals surface area contributed by atoms with Crippen LogP contribution in [-0.2, 0) is 9.53 Å². The Morgan fingerprint density at radius 1 is 1.25 bits per heavy atom. The first kappa shape index (κ1) is 14.4. The molecule has 0 aromatic heterocycles. The second kappa shape index (κ2) is 6.93. The van der Waals surface area contributed by atoms with Crippen molar-refractivity contribution in [2.24, 2.45) is 0 Å². The highest BCUT2D eigenvalue weighted by Crippen LogP contribution is 2.18. The summed E-state index contributed by atoms with van der Waals surface area (Å²) in [5, 5.41) is 2.90. The number of hydrogen-bond donors (Lipinski definition) is 1. The predicted octanol–water partition coefficient (Wildman–Crippen LogP) is 1.91. The molecule has 0 heterocycles.